The fourth-order valence-electron chi connectivity index (χ4n) is 3.94. The molecule has 2 unspecified atom stereocenters. The van der Waals surface area contributed by atoms with E-state index in [0.29, 0.717) is 12.1 Å². The SMILES string of the molecule is Cc1cc(C(=O)N2C3CCNCC2CC3)c2ccccc2n1. The number of hydrogen-bond donors (Lipinski definition) is 1. The number of nitrogens with one attached hydrogen (secondary N) is 1. The van der Waals surface area contributed by atoms with E-state index in [1.165, 1.54) is 0 Å². The number of carbonyl (C=O) groups is 1. The van der Waals surface area contributed by atoms with Crippen molar-refractivity contribution < 1.29 is 4.79 Å². The highest BCUT2D eigenvalue weighted by molar-refractivity contribution is 6.06. The lowest BCUT2D eigenvalue weighted by Crippen LogP contribution is -2.42. The van der Waals surface area contributed by atoms with Crippen LogP contribution in [0.5, 0.6) is 0 Å². The zero-order chi connectivity index (χ0) is 15.1. The standard InChI is InChI=1S/C18H21N3O/c1-12-10-16(15-4-2-3-5-17(15)20-12)18(22)21-13-6-7-14(21)11-19-9-8-13/h2-5,10,13-14,19H,6-9,11H2,1H3. The van der Waals surface area contributed by atoms with Crippen LogP contribution in [0.1, 0.15) is 35.3 Å². The van der Waals surface area contributed by atoms with Crippen LogP contribution in [0.4, 0.5) is 0 Å². The number of pyridine rings is 1. The van der Waals surface area contributed by atoms with Gasteiger partial charge in [-0.05, 0) is 44.9 Å². The van der Waals surface area contributed by atoms with Crippen molar-refractivity contribution in [2.24, 2.45) is 0 Å². The molecule has 4 heteroatoms. The molecule has 1 aromatic heterocycles. The maximum atomic E-state index is 13.2. The number of rotatable bonds is 1. The molecule has 1 amide bonds. The van der Waals surface area contributed by atoms with Crippen molar-refractivity contribution in [3.63, 3.8) is 0 Å². The van der Waals surface area contributed by atoms with Gasteiger partial charge in [-0.2, -0.15) is 0 Å². The summed E-state index contributed by atoms with van der Waals surface area (Å²) in [7, 11) is 0. The van der Waals surface area contributed by atoms with Gasteiger partial charge in [0.2, 0.25) is 0 Å². The van der Waals surface area contributed by atoms with E-state index in [2.05, 4.69) is 15.2 Å². The van der Waals surface area contributed by atoms with Gasteiger partial charge in [0.05, 0.1) is 11.1 Å². The van der Waals surface area contributed by atoms with Crippen molar-refractivity contribution in [1.29, 1.82) is 0 Å². The Kier molecular flexibility index (Phi) is 3.34. The lowest BCUT2D eigenvalue weighted by atomic mass is 10.1. The Hall–Kier alpha value is -1.94. The number of benzene rings is 1. The minimum atomic E-state index is 0.179. The Bertz CT molecular complexity index is 713. The first-order chi connectivity index (χ1) is 10.7. The molecule has 114 valence electrons. The molecule has 0 spiro atoms. The van der Waals surface area contributed by atoms with Gasteiger partial charge >= 0.3 is 0 Å². The van der Waals surface area contributed by atoms with Crippen molar-refractivity contribution in [3.05, 3.63) is 41.6 Å². The molecule has 2 saturated heterocycles. The smallest absolute Gasteiger partial charge is 0.255 e. The Morgan fingerprint density at radius 3 is 2.95 bits per heavy atom. The summed E-state index contributed by atoms with van der Waals surface area (Å²) in [5.41, 5.74) is 2.62. The highest BCUT2D eigenvalue weighted by Gasteiger charge is 2.38. The van der Waals surface area contributed by atoms with Crippen LogP contribution in [0, 0.1) is 6.92 Å². The first-order valence-electron chi connectivity index (χ1n) is 8.14. The van der Waals surface area contributed by atoms with Crippen LogP contribution in [0.15, 0.2) is 30.3 Å². The van der Waals surface area contributed by atoms with Gasteiger partial charge in [0.25, 0.3) is 5.91 Å². The van der Waals surface area contributed by atoms with Crippen molar-refractivity contribution in [1.82, 2.24) is 15.2 Å². The lowest BCUT2D eigenvalue weighted by molar-refractivity contribution is 0.0682. The molecule has 0 aliphatic carbocycles. The van der Waals surface area contributed by atoms with Crippen LogP contribution in [0.3, 0.4) is 0 Å². The van der Waals surface area contributed by atoms with Crippen LogP contribution < -0.4 is 5.32 Å². The van der Waals surface area contributed by atoms with Gasteiger partial charge in [-0.25, -0.2) is 0 Å². The summed E-state index contributed by atoms with van der Waals surface area (Å²) in [6.45, 7) is 3.90. The van der Waals surface area contributed by atoms with E-state index in [-0.39, 0.29) is 5.91 Å². The molecule has 2 atom stereocenters. The molecular weight excluding hydrogens is 274 g/mol. The highest BCUT2D eigenvalue weighted by Crippen LogP contribution is 2.31. The monoisotopic (exact) mass is 295 g/mol. The lowest BCUT2D eigenvalue weighted by Gasteiger charge is -2.28. The van der Waals surface area contributed by atoms with Crippen LogP contribution in [0.25, 0.3) is 10.9 Å². The van der Waals surface area contributed by atoms with Gasteiger partial charge in [-0.1, -0.05) is 18.2 Å². The Balaban J connectivity index is 1.80. The molecule has 22 heavy (non-hydrogen) atoms. The molecule has 2 fully saturated rings. The first-order valence-corrected chi connectivity index (χ1v) is 8.14. The van der Waals surface area contributed by atoms with Crippen LogP contribution >= 0.6 is 0 Å². The fraction of sp³-hybridized carbons (Fsp3) is 0.444. The second kappa shape index (κ2) is 5.36. The highest BCUT2D eigenvalue weighted by atomic mass is 16.2. The second-order valence-corrected chi connectivity index (χ2v) is 6.42. The van der Waals surface area contributed by atoms with E-state index in [1.54, 1.807) is 0 Å². The molecular formula is C18H21N3O. The minimum Gasteiger partial charge on any atom is -0.331 e. The topological polar surface area (TPSA) is 45.2 Å². The Morgan fingerprint density at radius 1 is 1.23 bits per heavy atom. The average Bonchev–Trinajstić information content (AvgIpc) is 2.78. The number of nitrogens with zero attached hydrogens (tertiary/aromatic N) is 2. The summed E-state index contributed by atoms with van der Waals surface area (Å²) in [5, 5.41) is 4.42. The summed E-state index contributed by atoms with van der Waals surface area (Å²) in [6, 6.07) is 10.6. The van der Waals surface area contributed by atoms with E-state index in [1.807, 2.05) is 37.3 Å². The van der Waals surface area contributed by atoms with Crippen LogP contribution in [0.2, 0.25) is 0 Å². The second-order valence-electron chi connectivity index (χ2n) is 6.42. The van der Waals surface area contributed by atoms with Crippen molar-refractivity contribution in [2.75, 3.05) is 13.1 Å². The number of aryl methyl sites for hydroxylation is 1. The first kappa shape index (κ1) is 13.7. The summed E-state index contributed by atoms with van der Waals surface area (Å²) < 4.78 is 0. The molecule has 2 aromatic rings. The maximum absolute atomic E-state index is 13.2. The van der Waals surface area contributed by atoms with Gasteiger partial charge < -0.3 is 10.2 Å². The van der Waals surface area contributed by atoms with Crippen LogP contribution in [-0.2, 0) is 0 Å². The van der Waals surface area contributed by atoms with E-state index in [9.17, 15) is 4.79 Å². The largest absolute Gasteiger partial charge is 0.331 e. The van der Waals surface area contributed by atoms with E-state index in [0.717, 1.165) is 54.5 Å². The number of amides is 1. The molecule has 2 bridgehead atoms. The number of fused-ring (bicyclic) bond motifs is 3. The minimum absolute atomic E-state index is 0.179. The molecule has 0 radical (unpaired) electrons. The molecule has 2 aliphatic rings. The van der Waals surface area contributed by atoms with Crippen LogP contribution in [-0.4, -0.2) is 41.0 Å². The van der Waals surface area contributed by atoms with Gasteiger partial charge in [0.1, 0.15) is 0 Å². The maximum Gasteiger partial charge on any atom is 0.255 e. The number of hydrogen-bond acceptors (Lipinski definition) is 3. The zero-order valence-corrected chi connectivity index (χ0v) is 12.9. The number of aromatic nitrogens is 1. The van der Waals surface area contributed by atoms with Crippen molar-refractivity contribution >= 4 is 16.8 Å². The zero-order valence-electron chi connectivity index (χ0n) is 12.9. The average molecular weight is 295 g/mol. The third-order valence-electron chi connectivity index (χ3n) is 4.96. The third-order valence-corrected chi connectivity index (χ3v) is 4.96. The molecule has 1 N–H and O–H groups in total. The predicted molar refractivity (Wildman–Crippen MR) is 86.9 cm³/mol. The molecule has 3 heterocycles. The summed E-state index contributed by atoms with van der Waals surface area (Å²) in [6.07, 6.45) is 3.32. The summed E-state index contributed by atoms with van der Waals surface area (Å²) in [4.78, 5) is 19.9. The molecule has 4 rings (SSSR count). The molecule has 2 aliphatic heterocycles. The molecule has 4 nitrogen and oxygen atoms in total. The molecule has 1 aromatic carbocycles. The van der Waals surface area contributed by atoms with Crippen molar-refractivity contribution in [3.8, 4) is 0 Å². The van der Waals surface area contributed by atoms with Gasteiger partial charge in [0.15, 0.2) is 0 Å². The molecule has 0 saturated carbocycles. The van der Waals surface area contributed by atoms with Gasteiger partial charge in [-0.15, -0.1) is 0 Å². The predicted octanol–water partition coefficient (Wildman–Crippen LogP) is 2.51. The fourth-order valence-corrected chi connectivity index (χ4v) is 3.94. The van der Waals surface area contributed by atoms with Crippen molar-refractivity contribution in [2.45, 2.75) is 38.3 Å². The summed E-state index contributed by atoms with van der Waals surface area (Å²) in [5.74, 6) is 0.179. The van der Waals surface area contributed by atoms with Gasteiger partial charge in [0, 0.05) is 29.7 Å². The quantitative estimate of drug-likeness (QED) is 0.879. The Labute approximate surface area is 130 Å². The third kappa shape index (κ3) is 2.18. The number of carbonyl (C=O) groups excluding carboxylic acids is 1. The van der Waals surface area contributed by atoms with E-state index in [4.69, 9.17) is 0 Å². The van der Waals surface area contributed by atoms with E-state index < -0.39 is 0 Å². The normalized spacial score (nSPS) is 24.5. The summed E-state index contributed by atoms with van der Waals surface area (Å²) >= 11 is 0. The number of para-hydroxylation sites is 1. The van der Waals surface area contributed by atoms with Gasteiger partial charge in [-0.3, -0.25) is 9.78 Å². The van der Waals surface area contributed by atoms with E-state index >= 15 is 0 Å². The Morgan fingerprint density at radius 2 is 2.05 bits per heavy atom.